The second-order valence-electron chi connectivity index (χ2n) is 5.88. The Hall–Kier alpha value is -3.57. The number of hydrazone groups is 1. The van der Waals surface area contributed by atoms with Gasteiger partial charge >= 0.3 is 0 Å². The fourth-order valence-electron chi connectivity index (χ4n) is 2.55. The molecule has 30 heavy (non-hydrogen) atoms. The van der Waals surface area contributed by atoms with Crippen molar-refractivity contribution in [3.63, 3.8) is 0 Å². The van der Waals surface area contributed by atoms with Crippen LogP contribution in [0.3, 0.4) is 0 Å². The molecule has 0 aliphatic carbocycles. The van der Waals surface area contributed by atoms with E-state index in [1.54, 1.807) is 24.3 Å². The second kappa shape index (κ2) is 9.29. The third-order valence-corrected chi connectivity index (χ3v) is 6.51. The van der Waals surface area contributed by atoms with Gasteiger partial charge in [-0.05, 0) is 29.6 Å². The SMILES string of the molecule is O=C(CN(c1ccccc1)S(=O)(=O)c1ccccc1[N+](=O)[O-])N/N=C\c1cccs1. The molecule has 0 saturated carbocycles. The van der Waals surface area contributed by atoms with Gasteiger partial charge in [0, 0.05) is 10.9 Å². The second-order valence-corrected chi connectivity index (χ2v) is 8.69. The molecule has 0 bridgehead atoms. The number of nitro benzene ring substituents is 1. The number of nitrogens with one attached hydrogen (secondary N) is 1. The van der Waals surface area contributed by atoms with E-state index in [2.05, 4.69) is 10.5 Å². The fraction of sp³-hybridized carbons (Fsp3) is 0.0526. The zero-order valence-corrected chi connectivity index (χ0v) is 17.0. The van der Waals surface area contributed by atoms with Crippen molar-refractivity contribution in [3.05, 3.63) is 87.1 Å². The van der Waals surface area contributed by atoms with Gasteiger partial charge in [0.2, 0.25) is 0 Å². The quantitative estimate of drug-likeness (QED) is 0.325. The molecule has 0 aliphatic heterocycles. The monoisotopic (exact) mass is 444 g/mol. The fourth-order valence-corrected chi connectivity index (χ4v) is 4.72. The van der Waals surface area contributed by atoms with Crippen LogP contribution in [0.2, 0.25) is 0 Å². The molecule has 0 atom stereocenters. The number of hydrogen-bond acceptors (Lipinski definition) is 7. The summed E-state index contributed by atoms with van der Waals surface area (Å²) in [5.74, 6) is -0.700. The number of anilines is 1. The van der Waals surface area contributed by atoms with Crippen LogP contribution in [0, 0.1) is 10.1 Å². The summed E-state index contributed by atoms with van der Waals surface area (Å²) in [6, 6.07) is 16.5. The molecule has 1 heterocycles. The molecule has 1 N–H and O–H groups in total. The van der Waals surface area contributed by atoms with Crippen molar-refractivity contribution in [2.24, 2.45) is 5.10 Å². The minimum atomic E-state index is -4.41. The lowest BCUT2D eigenvalue weighted by Gasteiger charge is -2.23. The average molecular weight is 444 g/mol. The largest absolute Gasteiger partial charge is 0.289 e. The first-order chi connectivity index (χ1) is 14.4. The molecule has 0 aliphatic rings. The first-order valence-electron chi connectivity index (χ1n) is 8.56. The third-order valence-electron chi connectivity index (χ3n) is 3.89. The number of benzene rings is 2. The highest BCUT2D eigenvalue weighted by atomic mass is 32.2. The van der Waals surface area contributed by atoms with Crippen molar-refractivity contribution in [2.45, 2.75) is 4.90 Å². The number of nitro groups is 1. The Morgan fingerprint density at radius 2 is 1.80 bits per heavy atom. The van der Waals surface area contributed by atoms with E-state index < -0.39 is 38.0 Å². The van der Waals surface area contributed by atoms with Crippen LogP contribution < -0.4 is 9.73 Å². The molecule has 0 saturated heterocycles. The van der Waals surface area contributed by atoms with Crippen molar-refractivity contribution in [3.8, 4) is 0 Å². The van der Waals surface area contributed by atoms with Crippen LogP contribution >= 0.6 is 11.3 Å². The lowest BCUT2D eigenvalue weighted by molar-refractivity contribution is -0.387. The maximum absolute atomic E-state index is 13.3. The number of rotatable bonds is 8. The van der Waals surface area contributed by atoms with E-state index in [-0.39, 0.29) is 5.69 Å². The Morgan fingerprint density at radius 1 is 1.10 bits per heavy atom. The van der Waals surface area contributed by atoms with Crippen molar-refractivity contribution < 1.29 is 18.1 Å². The van der Waals surface area contributed by atoms with Gasteiger partial charge in [0.05, 0.1) is 16.8 Å². The van der Waals surface area contributed by atoms with Crippen LogP contribution in [0.25, 0.3) is 0 Å². The van der Waals surface area contributed by atoms with Crippen LogP contribution in [0.4, 0.5) is 11.4 Å². The van der Waals surface area contributed by atoms with Crippen molar-refractivity contribution >= 4 is 44.9 Å². The Morgan fingerprint density at radius 3 is 2.47 bits per heavy atom. The normalized spacial score (nSPS) is 11.3. The highest BCUT2D eigenvalue weighted by molar-refractivity contribution is 7.93. The Bertz CT molecular complexity index is 1160. The van der Waals surface area contributed by atoms with Gasteiger partial charge in [-0.1, -0.05) is 36.4 Å². The van der Waals surface area contributed by atoms with Crippen molar-refractivity contribution in [1.82, 2.24) is 5.43 Å². The molecule has 11 heteroatoms. The van der Waals surface area contributed by atoms with E-state index in [4.69, 9.17) is 0 Å². The maximum Gasteiger partial charge on any atom is 0.289 e. The third kappa shape index (κ3) is 4.88. The van der Waals surface area contributed by atoms with Gasteiger partial charge in [-0.25, -0.2) is 13.8 Å². The summed E-state index contributed by atoms with van der Waals surface area (Å²) in [5, 5.41) is 17.0. The smallest absolute Gasteiger partial charge is 0.271 e. The molecule has 0 fully saturated rings. The molecular formula is C19H16N4O5S2. The zero-order valence-electron chi connectivity index (χ0n) is 15.4. The van der Waals surface area contributed by atoms with Gasteiger partial charge in [-0.3, -0.25) is 19.2 Å². The molecule has 1 amide bonds. The summed E-state index contributed by atoms with van der Waals surface area (Å²) in [5.41, 5.74) is 1.89. The zero-order chi connectivity index (χ0) is 21.6. The molecule has 3 rings (SSSR count). The number of thiophene rings is 1. The number of carbonyl (C=O) groups excluding carboxylic acids is 1. The number of carbonyl (C=O) groups is 1. The minimum absolute atomic E-state index is 0.188. The molecule has 2 aromatic carbocycles. The first kappa shape index (κ1) is 21.1. The van der Waals surface area contributed by atoms with E-state index in [1.807, 2.05) is 11.4 Å². The molecule has 0 spiro atoms. The predicted octanol–water partition coefficient (Wildman–Crippen LogP) is 3.00. The van der Waals surface area contributed by atoms with Gasteiger partial charge in [0.1, 0.15) is 6.54 Å². The number of nitrogens with zero attached hydrogens (tertiary/aromatic N) is 3. The highest BCUT2D eigenvalue weighted by Gasteiger charge is 2.32. The summed E-state index contributed by atoms with van der Waals surface area (Å²) < 4.78 is 27.3. The molecule has 0 radical (unpaired) electrons. The van der Waals surface area contributed by atoms with E-state index in [0.717, 1.165) is 21.3 Å². The average Bonchev–Trinajstić information content (AvgIpc) is 3.26. The lowest BCUT2D eigenvalue weighted by atomic mass is 10.3. The Balaban J connectivity index is 1.92. The standard InChI is InChI=1S/C19H16N4O5S2/c24-19(21-20-13-16-9-6-12-29-16)14-22(15-7-2-1-3-8-15)30(27,28)18-11-5-4-10-17(18)23(25)26/h1-13H,14H2,(H,21,24)/b20-13-. The highest BCUT2D eigenvalue weighted by Crippen LogP contribution is 2.29. The summed E-state index contributed by atoms with van der Waals surface area (Å²) in [6.45, 7) is -0.611. The van der Waals surface area contributed by atoms with Crippen LogP contribution in [0.1, 0.15) is 4.88 Å². The molecule has 0 unspecified atom stereocenters. The van der Waals surface area contributed by atoms with Crippen LogP contribution in [-0.2, 0) is 14.8 Å². The number of para-hydroxylation sites is 2. The van der Waals surface area contributed by atoms with Crippen molar-refractivity contribution in [2.75, 3.05) is 10.8 Å². The van der Waals surface area contributed by atoms with E-state index >= 15 is 0 Å². The van der Waals surface area contributed by atoms with Crippen molar-refractivity contribution in [1.29, 1.82) is 0 Å². The number of hydrogen-bond donors (Lipinski definition) is 1. The van der Waals surface area contributed by atoms with Gasteiger partial charge in [0.25, 0.3) is 21.6 Å². The predicted molar refractivity (Wildman–Crippen MR) is 114 cm³/mol. The lowest BCUT2D eigenvalue weighted by Crippen LogP contribution is -2.39. The summed E-state index contributed by atoms with van der Waals surface area (Å²) in [7, 11) is -4.41. The molecule has 3 aromatic rings. The minimum Gasteiger partial charge on any atom is -0.271 e. The maximum atomic E-state index is 13.3. The summed E-state index contributed by atoms with van der Waals surface area (Å²) in [6.07, 6.45) is 1.44. The Labute approximate surface area is 176 Å². The molecule has 154 valence electrons. The summed E-state index contributed by atoms with van der Waals surface area (Å²) >= 11 is 1.42. The first-order valence-corrected chi connectivity index (χ1v) is 10.9. The molecular weight excluding hydrogens is 428 g/mol. The molecule has 9 nitrogen and oxygen atoms in total. The topological polar surface area (TPSA) is 122 Å². The summed E-state index contributed by atoms with van der Waals surface area (Å²) in [4.78, 5) is 23.2. The van der Waals surface area contributed by atoms with Gasteiger partial charge < -0.3 is 0 Å². The van der Waals surface area contributed by atoms with Gasteiger partial charge in [-0.2, -0.15) is 5.10 Å². The van der Waals surface area contributed by atoms with E-state index in [9.17, 15) is 23.3 Å². The van der Waals surface area contributed by atoms with E-state index in [1.165, 1.54) is 41.8 Å². The molecule has 1 aromatic heterocycles. The van der Waals surface area contributed by atoms with Gasteiger partial charge in [-0.15, -0.1) is 11.3 Å². The van der Waals surface area contributed by atoms with Gasteiger partial charge in [0.15, 0.2) is 4.90 Å². The van der Waals surface area contributed by atoms with Crippen LogP contribution in [0.15, 0.2) is 82.1 Å². The van der Waals surface area contributed by atoms with Crippen LogP contribution in [-0.4, -0.2) is 32.0 Å². The van der Waals surface area contributed by atoms with Crippen LogP contribution in [0.5, 0.6) is 0 Å². The number of amides is 1. The number of sulfonamides is 1. The van der Waals surface area contributed by atoms with E-state index in [0.29, 0.717) is 0 Å². The Kier molecular flexibility index (Phi) is 6.54.